The summed E-state index contributed by atoms with van der Waals surface area (Å²) in [6.45, 7) is 11.2. The summed E-state index contributed by atoms with van der Waals surface area (Å²) in [6, 6.07) is 24.6. The third-order valence-electron chi connectivity index (χ3n) is 6.32. The molecule has 5 aromatic rings. The topological polar surface area (TPSA) is 12.9 Å². The van der Waals surface area contributed by atoms with E-state index in [1.54, 1.807) is 0 Å². The highest BCUT2D eigenvalue weighted by molar-refractivity contribution is 6.12. The minimum Gasteiger partial charge on any atom is -0.256 e. The Labute approximate surface area is 178 Å². The van der Waals surface area contributed by atoms with E-state index in [2.05, 4.69) is 101 Å². The maximum atomic E-state index is 4.85. The number of pyridine rings is 1. The molecule has 1 nitrogen and oxygen atoms in total. The molecule has 5 rings (SSSR count). The Kier molecular flexibility index (Phi) is 4.18. The van der Waals surface area contributed by atoms with Gasteiger partial charge in [0.1, 0.15) is 0 Å². The summed E-state index contributed by atoms with van der Waals surface area (Å²) in [5.41, 5.74) is 6.33. The van der Waals surface area contributed by atoms with Crippen LogP contribution in [0, 0.1) is 13.8 Å². The van der Waals surface area contributed by atoms with Crippen LogP contribution in [-0.2, 0) is 5.41 Å². The molecule has 0 saturated carbocycles. The van der Waals surface area contributed by atoms with Crippen molar-refractivity contribution in [3.8, 4) is 11.3 Å². The number of rotatable bonds is 1. The maximum absolute atomic E-state index is 4.85. The second kappa shape index (κ2) is 6.67. The average molecular weight is 390 g/mol. The number of aromatic nitrogens is 1. The van der Waals surface area contributed by atoms with E-state index in [1.165, 1.54) is 54.6 Å². The van der Waals surface area contributed by atoms with Gasteiger partial charge >= 0.3 is 0 Å². The molecule has 0 bridgehead atoms. The van der Waals surface area contributed by atoms with Gasteiger partial charge in [0.15, 0.2) is 0 Å². The molecule has 1 heteroatoms. The van der Waals surface area contributed by atoms with Crippen LogP contribution in [0.15, 0.2) is 72.9 Å². The first-order valence-electron chi connectivity index (χ1n) is 10.7. The van der Waals surface area contributed by atoms with Crippen LogP contribution in [0.2, 0.25) is 0 Å². The molecular weight excluding hydrogens is 362 g/mol. The van der Waals surface area contributed by atoms with E-state index < -0.39 is 0 Å². The van der Waals surface area contributed by atoms with Crippen molar-refractivity contribution >= 4 is 32.3 Å². The predicted molar refractivity (Wildman–Crippen MR) is 130 cm³/mol. The summed E-state index contributed by atoms with van der Waals surface area (Å²) < 4.78 is 0. The molecule has 30 heavy (non-hydrogen) atoms. The van der Waals surface area contributed by atoms with E-state index in [0.717, 1.165) is 5.69 Å². The Hall–Kier alpha value is -3.19. The average Bonchev–Trinajstić information content (AvgIpc) is 2.72. The second-order valence-corrected chi connectivity index (χ2v) is 9.47. The van der Waals surface area contributed by atoms with Crippen LogP contribution >= 0.6 is 0 Å². The van der Waals surface area contributed by atoms with Crippen molar-refractivity contribution in [3.05, 3.63) is 89.6 Å². The molecule has 4 aromatic carbocycles. The predicted octanol–water partition coefficient (Wildman–Crippen LogP) is 8.12. The van der Waals surface area contributed by atoms with E-state index >= 15 is 0 Å². The van der Waals surface area contributed by atoms with Crippen molar-refractivity contribution < 1.29 is 0 Å². The molecule has 0 fully saturated rings. The fourth-order valence-corrected chi connectivity index (χ4v) is 4.56. The monoisotopic (exact) mass is 389 g/mol. The standard InChI is InChI=1S/C29H27N/c1-18-14-21-10-11-25-24(26(21)15-19(18)2)12-13-30-28(25)22-16-20-8-6-7-9-23(20)27(17-22)29(3,4)5/h6-17H,1-5H3. The molecule has 1 aromatic heterocycles. The Morgan fingerprint density at radius 2 is 1.37 bits per heavy atom. The van der Waals surface area contributed by atoms with Crippen molar-refractivity contribution in [3.63, 3.8) is 0 Å². The summed E-state index contributed by atoms with van der Waals surface area (Å²) in [4.78, 5) is 4.85. The van der Waals surface area contributed by atoms with Gasteiger partial charge in [0.05, 0.1) is 5.69 Å². The van der Waals surface area contributed by atoms with Crippen LogP contribution in [0.25, 0.3) is 43.6 Å². The van der Waals surface area contributed by atoms with E-state index in [-0.39, 0.29) is 5.41 Å². The van der Waals surface area contributed by atoms with Gasteiger partial charge < -0.3 is 0 Å². The van der Waals surface area contributed by atoms with Gasteiger partial charge in [0.25, 0.3) is 0 Å². The van der Waals surface area contributed by atoms with Crippen LogP contribution in [0.4, 0.5) is 0 Å². The Balaban J connectivity index is 1.85. The van der Waals surface area contributed by atoms with Gasteiger partial charge in [-0.3, -0.25) is 4.98 Å². The number of hydrogen-bond donors (Lipinski definition) is 0. The number of hydrogen-bond acceptors (Lipinski definition) is 1. The fraction of sp³-hybridized carbons (Fsp3) is 0.207. The SMILES string of the molecule is Cc1cc2ccc3c(-c4cc(C(C)(C)C)c5ccccc5c4)nccc3c2cc1C. The van der Waals surface area contributed by atoms with Crippen molar-refractivity contribution in [1.29, 1.82) is 0 Å². The van der Waals surface area contributed by atoms with Crippen LogP contribution in [0.1, 0.15) is 37.5 Å². The Morgan fingerprint density at radius 3 is 2.17 bits per heavy atom. The third-order valence-corrected chi connectivity index (χ3v) is 6.32. The van der Waals surface area contributed by atoms with Crippen LogP contribution in [0.3, 0.4) is 0 Å². The molecule has 0 saturated heterocycles. The molecule has 0 aliphatic carbocycles. The summed E-state index contributed by atoms with van der Waals surface area (Å²) in [7, 11) is 0. The van der Waals surface area contributed by atoms with E-state index in [4.69, 9.17) is 4.98 Å². The van der Waals surface area contributed by atoms with Crippen LogP contribution < -0.4 is 0 Å². The number of nitrogens with zero attached hydrogens (tertiary/aromatic N) is 1. The van der Waals surface area contributed by atoms with Crippen molar-refractivity contribution in [2.75, 3.05) is 0 Å². The largest absolute Gasteiger partial charge is 0.256 e. The van der Waals surface area contributed by atoms with Gasteiger partial charge in [-0.25, -0.2) is 0 Å². The first-order chi connectivity index (χ1) is 14.3. The highest BCUT2D eigenvalue weighted by atomic mass is 14.7. The zero-order valence-corrected chi connectivity index (χ0v) is 18.4. The molecular formula is C29H27N. The van der Waals surface area contributed by atoms with E-state index in [0.29, 0.717) is 0 Å². The van der Waals surface area contributed by atoms with Gasteiger partial charge in [-0.1, -0.05) is 69.3 Å². The summed E-state index contributed by atoms with van der Waals surface area (Å²) in [5.74, 6) is 0. The third kappa shape index (κ3) is 2.97. The molecule has 0 atom stereocenters. The quantitative estimate of drug-likeness (QED) is 0.264. The molecule has 0 amide bonds. The summed E-state index contributed by atoms with van der Waals surface area (Å²) in [5, 5.41) is 7.67. The first-order valence-corrected chi connectivity index (χ1v) is 10.7. The van der Waals surface area contributed by atoms with E-state index in [9.17, 15) is 0 Å². The van der Waals surface area contributed by atoms with Gasteiger partial charge in [-0.15, -0.1) is 0 Å². The molecule has 0 spiro atoms. The lowest BCUT2D eigenvalue weighted by molar-refractivity contribution is 0.596. The van der Waals surface area contributed by atoms with Crippen LogP contribution in [-0.4, -0.2) is 4.98 Å². The Morgan fingerprint density at radius 1 is 0.633 bits per heavy atom. The molecule has 148 valence electrons. The van der Waals surface area contributed by atoms with Gasteiger partial charge in [-0.05, 0) is 81.1 Å². The molecule has 0 unspecified atom stereocenters. The van der Waals surface area contributed by atoms with Crippen LogP contribution in [0.5, 0.6) is 0 Å². The van der Waals surface area contributed by atoms with Crippen molar-refractivity contribution in [1.82, 2.24) is 4.98 Å². The maximum Gasteiger partial charge on any atom is 0.0780 e. The highest BCUT2D eigenvalue weighted by Gasteiger charge is 2.19. The lowest BCUT2D eigenvalue weighted by atomic mass is 9.82. The molecule has 0 radical (unpaired) electrons. The molecule has 0 aliphatic heterocycles. The fourth-order valence-electron chi connectivity index (χ4n) is 4.56. The molecule has 0 aliphatic rings. The smallest absolute Gasteiger partial charge is 0.0780 e. The van der Waals surface area contributed by atoms with Gasteiger partial charge in [0.2, 0.25) is 0 Å². The lowest BCUT2D eigenvalue weighted by Gasteiger charge is -2.23. The number of fused-ring (bicyclic) bond motifs is 4. The zero-order chi connectivity index (χ0) is 21.0. The molecule has 0 N–H and O–H groups in total. The van der Waals surface area contributed by atoms with Crippen molar-refractivity contribution in [2.45, 2.75) is 40.0 Å². The molecule has 1 heterocycles. The van der Waals surface area contributed by atoms with Crippen molar-refractivity contribution in [2.24, 2.45) is 0 Å². The number of benzene rings is 4. The number of aryl methyl sites for hydroxylation is 2. The zero-order valence-electron chi connectivity index (χ0n) is 18.4. The Bertz CT molecular complexity index is 1430. The minimum absolute atomic E-state index is 0.0571. The van der Waals surface area contributed by atoms with Gasteiger partial charge in [0, 0.05) is 17.1 Å². The normalized spacial score (nSPS) is 12.2. The van der Waals surface area contributed by atoms with E-state index in [1.807, 2.05) is 6.20 Å². The second-order valence-electron chi connectivity index (χ2n) is 9.47. The first kappa shape index (κ1) is 18.8. The lowest BCUT2D eigenvalue weighted by Crippen LogP contribution is -2.12. The van der Waals surface area contributed by atoms with Gasteiger partial charge in [-0.2, -0.15) is 0 Å². The highest BCUT2D eigenvalue weighted by Crippen LogP contribution is 2.37. The summed E-state index contributed by atoms with van der Waals surface area (Å²) >= 11 is 0. The summed E-state index contributed by atoms with van der Waals surface area (Å²) in [6.07, 6.45) is 1.96. The minimum atomic E-state index is 0.0571.